The Labute approximate surface area is 173 Å². The summed E-state index contributed by atoms with van der Waals surface area (Å²) in [5.74, 6) is -0.409. The number of rotatable bonds is 3. The number of aromatic nitrogens is 4. The molecule has 0 aliphatic carbocycles. The summed E-state index contributed by atoms with van der Waals surface area (Å²) in [5, 5.41) is 0.384. The van der Waals surface area contributed by atoms with E-state index in [1.807, 2.05) is 0 Å². The summed E-state index contributed by atoms with van der Waals surface area (Å²) < 4.78 is 40.1. The van der Waals surface area contributed by atoms with Gasteiger partial charge in [0.1, 0.15) is 5.69 Å². The second kappa shape index (κ2) is 7.42. The van der Waals surface area contributed by atoms with Crippen LogP contribution in [0.1, 0.15) is 16.1 Å². The Morgan fingerprint density at radius 1 is 1.07 bits per heavy atom. The van der Waals surface area contributed by atoms with Gasteiger partial charge in [0.15, 0.2) is 5.65 Å². The number of nitrogens with zero attached hydrogens (tertiary/aromatic N) is 5. The van der Waals surface area contributed by atoms with E-state index in [9.17, 15) is 18.0 Å². The van der Waals surface area contributed by atoms with E-state index in [0.717, 1.165) is 12.1 Å². The largest absolute Gasteiger partial charge is 0.416 e. The predicted molar refractivity (Wildman–Crippen MR) is 105 cm³/mol. The summed E-state index contributed by atoms with van der Waals surface area (Å²) in [4.78, 5) is 26.5. The quantitative estimate of drug-likeness (QED) is 0.470. The van der Waals surface area contributed by atoms with E-state index in [2.05, 4.69) is 15.0 Å². The smallest absolute Gasteiger partial charge is 0.308 e. The fourth-order valence-corrected chi connectivity index (χ4v) is 3.08. The standard InChI is InChI=1S/C20H13ClF3N5O/c1-28(15-6-14(21)7-25-8-15)19(30)16-11-29-17(9-27-18(29)10-26-16)12-2-4-13(5-3-12)20(22,23)24/h2-11H,1H3. The first kappa shape index (κ1) is 19.8. The van der Waals surface area contributed by atoms with Gasteiger partial charge >= 0.3 is 6.18 Å². The van der Waals surface area contributed by atoms with Gasteiger partial charge in [0.2, 0.25) is 0 Å². The van der Waals surface area contributed by atoms with Crippen LogP contribution in [0.3, 0.4) is 0 Å². The predicted octanol–water partition coefficient (Wildman–Crippen LogP) is 4.74. The molecule has 0 N–H and O–H groups in total. The highest BCUT2D eigenvalue weighted by atomic mass is 35.5. The number of hydrogen-bond acceptors (Lipinski definition) is 4. The summed E-state index contributed by atoms with van der Waals surface area (Å²) in [6.45, 7) is 0. The zero-order chi connectivity index (χ0) is 21.5. The van der Waals surface area contributed by atoms with Gasteiger partial charge in [-0.05, 0) is 18.2 Å². The molecule has 4 rings (SSSR count). The molecule has 0 saturated heterocycles. The molecule has 152 valence electrons. The zero-order valence-corrected chi connectivity index (χ0v) is 16.2. The van der Waals surface area contributed by atoms with Gasteiger partial charge in [-0.2, -0.15) is 13.2 Å². The lowest BCUT2D eigenvalue weighted by molar-refractivity contribution is -0.137. The summed E-state index contributed by atoms with van der Waals surface area (Å²) in [5.41, 5.74) is 1.37. The molecule has 3 aromatic heterocycles. The third kappa shape index (κ3) is 3.71. The molecule has 0 aliphatic heterocycles. The van der Waals surface area contributed by atoms with Crippen molar-refractivity contribution in [1.82, 2.24) is 19.4 Å². The molecule has 6 nitrogen and oxygen atoms in total. The van der Waals surface area contributed by atoms with Gasteiger partial charge in [-0.1, -0.05) is 23.7 Å². The number of carbonyl (C=O) groups is 1. The average molecular weight is 432 g/mol. The number of amides is 1. The normalized spacial score (nSPS) is 11.6. The molecule has 30 heavy (non-hydrogen) atoms. The highest BCUT2D eigenvalue weighted by molar-refractivity contribution is 6.30. The van der Waals surface area contributed by atoms with Crippen LogP contribution >= 0.6 is 11.6 Å². The molecule has 0 atom stereocenters. The maximum Gasteiger partial charge on any atom is 0.416 e. The number of anilines is 1. The highest BCUT2D eigenvalue weighted by Gasteiger charge is 2.30. The van der Waals surface area contributed by atoms with Crippen molar-refractivity contribution in [1.29, 1.82) is 0 Å². The van der Waals surface area contributed by atoms with E-state index in [-0.39, 0.29) is 5.69 Å². The van der Waals surface area contributed by atoms with Crippen molar-refractivity contribution in [3.63, 3.8) is 0 Å². The third-order valence-corrected chi connectivity index (χ3v) is 4.71. The Balaban J connectivity index is 1.70. The topological polar surface area (TPSA) is 63.4 Å². The summed E-state index contributed by atoms with van der Waals surface area (Å²) in [6.07, 6.45) is 2.96. The lowest BCUT2D eigenvalue weighted by atomic mass is 10.1. The van der Waals surface area contributed by atoms with Crippen LogP contribution < -0.4 is 4.90 Å². The van der Waals surface area contributed by atoms with Crippen molar-refractivity contribution >= 4 is 28.8 Å². The number of fused-ring (bicyclic) bond motifs is 1. The highest BCUT2D eigenvalue weighted by Crippen LogP contribution is 2.31. The first-order valence-electron chi connectivity index (χ1n) is 8.63. The first-order chi connectivity index (χ1) is 14.2. The number of pyridine rings is 1. The third-order valence-electron chi connectivity index (χ3n) is 4.51. The number of carbonyl (C=O) groups excluding carboxylic acids is 1. The second-order valence-corrected chi connectivity index (χ2v) is 6.88. The number of benzene rings is 1. The Morgan fingerprint density at radius 3 is 2.47 bits per heavy atom. The average Bonchev–Trinajstić information content (AvgIpc) is 3.15. The first-order valence-corrected chi connectivity index (χ1v) is 9.01. The zero-order valence-electron chi connectivity index (χ0n) is 15.4. The summed E-state index contributed by atoms with van der Waals surface area (Å²) >= 11 is 5.93. The fourth-order valence-electron chi connectivity index (χ4n) is 2.92. The van der Waals surface area contributed by atoms with Crippen molar-refractivity contribution in [3.8, 4) is 11.3 Å². The van der Waals surface area contributed by atoms with E-state index in [4.69, 9.17) is 11.6 Å². The Morgan fingerprint density at radius 2 is 1.80 bits per heavy atom. The molecule has 3 heterocycles. The molecule has 1 amide bonds. The molecule has 4 aromatic rings. The molecule has 0 spiro atoms. The number of alkyl halides is 3. The molecule has 0 bridgehead atoms. The van der Waals surface area contributed by atoms with Crippen LogP contribution in [0.25, 0.3) is 16.9 Å². The van der Waals surface area contributed by atoms with Crippen LogP contribution in [0.4, 0.5) is 18.9 Å². The minimum atomic E-state index is -4.42. The minimum absolute atomic E-state index is 0.121. The van der Waals surface area contributed by atoms with Gasteiger partial charge in [-0.25, -0.2) is 9.97 Å². The van der Waals surface area contributed by atoms with E-state index >= 15 is 0 Å². The molecule has 0 unspecified atom stereocenters. The molecular weight excluding hydrogens is 419 g/mol. The Bertz CT molecular complexity index is 1240. The molecular formula is C20H13ClF3N5O. The van der Waals surface area contributed by atoms with E-state index in [1.54, 1.807) is 17.5 Å². The van der Waals surface area contributed by atoms with E-state index in [0.29, 0.717) is 27.6 Å². The van der Waals surface area contributed by atoms with Crippen LogP contribution in [-0.4, -0.2) is 32.3 Å². The van der Waals surface area contributed by atoms with Gasteiger partial charge in [0.25, 0.3) is 5.91 Å². The maximum atomic E-state index is 12.9. The summed E-state index contributed by atoms with van der Waals surface area (Å²) in [7, 11) is 1.56. The van der Waals surface area contributed by atoms with Crippen molar-refractivity contribution in [2.45, 2.75) is 6.18 Å². The number of halogens is 4. The molecule has 10 heteroatoms. The van der Waals surface area contributed by atoms with Crippen molar-refractivity contribution in [3.05, 3.63) is 77.6 Å². The van der Waals surface area contributed by atoms with Gasteiger partial charge in [0.05, 0.1) is 40.6 Å². The lowest BCUT2D eigenvalue weighted by Crippen LogP contribution is -2.27. The number of imidazole rings is 1. The van der Waals surface area contributed by atoms with E-state index in [1.165, 1.54) is 48.0 Å². The van der Waals surface area contributed by atoms with Crippen molar-refractivity contribution < 1.29 is 18.0 Å². The second-order valence-electron chi connectivity index (χ2n) is 6.44. The monoisotopic (exact) mass is 431 g/mol. The van der Waals surface area contributed by atoms with Gasteiger partial charge in [-0.3, -0.25) is 14.2 Å². The minimum Gasteiger partial charge on any atom is -0.308 e. The van der Waals surface area contributed by atoms with Crippen LogP contribution in [0.5, 0.6) is 0 Å². The van der Waals surface area contributed by atoms with Crippen LogP contribution in [0.2, 0.25) is 5.02 Å². The van der Waals surface area contributed by atoms with E-state index < -0.39 is 17.6 Å². The van der Waals surface area contributed by atoms with Crippen molar-refractivity contribution in [2.24, 2.45) is 0 Å². The SMILES string of the molecule is CN(C(=O)c1cn2c(-c3ccc(C(F)(F)F)cc3)cnc2cn1)c1cncc(Cl)c1. The number of hydrogen-bond donors (Lipinski definition) is 0. The molecule has 0 radical (unpaired) electrons. The fraction of sp³-hybridized carbons (Fsp3) is 0.100. The Hall–Kier alpha value is -3.46. The van der Waals surface area contributed by atoms with Crippen LogP contribution in [0, 0.1) is 0 Å². The molecule has 0 saturated carbocycles. The van der Waals surface area contributed by atoms with Gasteiger partial charge in [-0.15, -0.1) is 0 Å². The Kier molecular flexibility index (Phi) is 4.90. The van der Waals surface area contributed by atoms with Crippen molar-refractivity contribution in [2.75, 3.05) is 11.9 Å². The van der Waals surface area contributed by atoms with Crippen LogP contribution in [0.15, 0.2) is 61.3 Å². The maximum absolute atomic E-state index is 12.9. The molecule has 1 aromatic carbocycles. The lowest BCUT2D eigenvalue weighted by Gasteiger charge is -2.16. The summed E-state index contributed by atoms with van der Waals surface area (Å²) in [6, 6.07) is 6.32. The van der Waals surface area contributed by atoms with Gasteiger partial charge in [0, 0.05) is 25.0 Å². The van der Waals surface area contributed by atoms with Crippen LogP contribution in [-0.2, 0) is 6.18 Å². The van der Waals surface area contributed by atoms with Gasteiger partial charge < -0.3 is 4.90 Å². The molecule has 0 fully saturated rings. The molecule has 0 aliphatic rings.